The number of nitrogens with zero attached hydrogens (tertiary/aromatic N) is 1. The lowest BCUT2D eigenvalue weighted by atomic mass is 10.1. The van der Waals surface area contributed by atoms with E-state index in [1.807, 2.05) is 38.1 Å². The molecule has 0 saturated heterocycles. The second-order valence-electron chi connectivity index (χ2n) is 4.79. The molecule has 1 aromatic heterocycles. The zero-order valence-electron chi connectivity index (χ0n) is 10.9. The highest BCUT2D eigenvalue weighted by Gasteiger charge is 2.13. The van der Waals surface area contributed by atoms with Gasteiger partial charge in [0.25, 0.3) is 11.5 Å². The summed E-state index contributed by atoms with van der Waals surface area (Å²) in [6, 6.07) is 9.07. The average molecular weight is 281 g/mol. The fourth-order valence-electron chi connectivity index (χ4n) is 2.05. The summed E-state index contributed by atoms with van der Waals surface area (Å²) in [7, 11) is 0. The maximum absolute atomic E-state index is 12.2. The van der Waals surface area contributed by atoms with Crippen LogP contribution in [-0.4, -0.2) is 10.5 Å². The molecule has 102 valence electrons. The lowest BCUT2D eigenvalue weighted by Crippen LogP contribution is -2.30. The number of amides is 1. The van der Waals surface area contributed by atoms with E-state index in [0.717, 1.165) is 10.9 Å². The molecule has 5 heteroatoms. The first-order chi connectivity index (χ1) is 8.50. The van der Waals surface area contributed by atoms with E-state index in [1.54, 1.807) is 10.6 Å². The van der Waals surface area contributed by atoms with Crippen molar-refractivity contribution in [2.24, 2.45) is 11.7 Å². The number of hydrogen-bond acceptors (Lipinski definition) is 2. The normalized spacial score (nSPS) is 10.5. The average Bonchev–Trinajstić information content (AvgIpc) is 2.31. The second kappa shape index (κ2) is 5.89. The Morgan fingerprint density at radius 1 is 1.32 bits per heavy atom. The summed E-state index contributed by atoms with van der Waals surface area (Å²) in [6.45, 7) is 4.62. The van der Waals surface area contributed by atoms with E-state index < -0.39 is 5.91 Å². The number of benzene rings is 1. The molecule has 0 spiro atoms. The highest BCUT2D eigenvalue weighted by Crippen LogP contribution is 2.14. The molecule has 0 fully saturated rings. The number of hydrogen-bond donors (Lipinski definition) is 1. The fraction of sp³-hybridized carbons (Fsp3) is 0.286. The third-order valence-corrected chi connectivity index (χ3v) is 2.82. The van der Waals surface area contributed by atoms with Gasteiger partial charge in [-0.1, -0.05) is 32.0 Å². The number of rotatable bonds is 3. The molecule has 0 aliphatic carbocycles. The molecule has 1 amide bonds. The van der Waals surface area contributed by atoms with Crippen LogP contribution in [0, 0.1) is 5.92 Å². The molecule has 2 rings (SSSR count). The van der Waals surface area contributed by atoms with Crippen LogP contribution < -0.4 is 11.3 Å². The van der Waals surface area contributed by atoms with Crippen LogP contribution in [0.2, 0.25) is 0 Å². The summed E-state index contributed by atoms with van der Waals surface area (Å²) in [5.41, 5.74) is 5.83. The molecule has 4 nitrogen and oxygen atoms in total. The summed E-state index contributed by atoms with van der Waals surface area (Å²) in [4.78, 5) is 23.5. The van der Waals surface area contributed by atoms with Crippen molar-refractivity contribution in [3.63, 3.8) is 0 Å². The van der Waals surface area contributed by atoms with Crippen LogP contribution in [0.15, 0.2) is 35.1 Å². The Morgan fingerprint density at radius 2 is 1.95 bits per heavy atom. The number of carbonyl (C=O) groups is 1. The van der Waals surface area contributed by atoms with Gasteiger partial charge in [-0.15, -0.1) is 12.4 Å². The Balaban J connectivity index is 0.00000180. The second-order valence-corrected chi connectivity index (χ2v) is 4.79. The first-order valence-corrected chi connectivity index (χ1v) is 5.93. The number of nitrogens with two attached hydrogens (primary N) is 1. The number of fused-ring (bicyclic) bond motifs is 1. The SMILES string of the molecule is CC(C)Cn1c(=O)c(C(N)=O)cc2ccccc21.Cl. The van der Waals surface area contributed by atoms with Crippen molar-refractivity contribution in [1.29, 1.82) is 0 Å². The molecule has 0 saturated carbocycles. The third-order valence-electron chi connectivity index (χ3n) is 2.82. The van der Waals surface area contributed by atoms with Gasteiger partial charge >= 0.3 is 0 Å². The van der Waals surface area contributed by atoms with Crippen molar-refractivity contribution in [2.75, 3.05) is 0 Å². The number of halogens is 1. The van der Waals surface area contributed by atoms with Gasteiger partial charge in [0.1, 0.15) is 5.56 Å². The third kappa shape index (κ3) is 2.96. The zero-order chi connectivity index (χ0) is 13.3. The Bertz CT molecular complexity index is 662. The fourth-order valence-corrected chi connectivity index (χ4v) is 2.05. The summed E-state index contributed by atoms with van der Waals surface area (Å²) in [6.07, 6.45) is 0. The highest BCUT2D eigenvalue weighted by molar-refractivity contribution is 5.96. The topological polar surface area (TPSA) is 65.1 Å². The Morgan fingerprint density at radius 3 is 2.53 bits per heavy atom. The predicted molar refractivity (Wildman–Crippen MR) is 78.8 cm³/mol. The van der Waals surface area contributed by atoms with Gasteiger partial charge in [0.2, 0.25) is 0 Å². The van der Waals surface area contributed by atoms with E-state index in [2.05, 4.69) is 0 Å². The number of primary amides is 1. The minimum atomic E-state index is -0.678. The predicted octanol–water partition coefficient (Wildman–Crippen LogP) is 2.18. The smallest absolute Gasteiger partial charge is 0.263 e. The van der Waals surface area contributed by atoms with E-state index in [1.165, 1.54) is 0 Å². The van der Waals surface area contributed by atoms with Gasteiger partial charge in [0.15, 0.2) is 0 Å². The van der Waals surface area contributed by atoms with Gasteiger partial charge in [-0.3, -0.25) is 9.59 Å². The first-order valence-electron chi connectivity index (χ1n) is 5.93. The van der Waals surface area contributed by atoms with E-state index in [0.29, 0.717) is 12.5 Å². The first kappa shape index (κ1) is 15.2. The van der Waals surface area contributed by atoms with Crippen molar-refractivity contribution in [3.05, 3.63) is 46.2 Å². The quantitative estimate of drug-likeness (QED) is 0.936. The van der Waals surface area contributed by atoms with Gasteiger partial charge < -0.3 is 10.3 Å². The lowest BCUT2D eigenvalue weighted by Gasteiger charge is -2.13. The number of carbonyl (C=O) groups excluding carboxylic acids is 1. The highest BCUT2D eigenvalue weighted by atomic mass is 35.5. The summed E-state index contributed by atoms with van der Waals surface area (Å²) < 4.78 is 1.63. The minimum absolute atomic E-state index is 0. The summed E-state index contributed by atoms with van der Waals surface area (Å²) >= 11 is 0. The Labute approximate surface area is 117 Å². The Kier molecular flexibility index (Phi) is 4.72. The molecule has 0 atom stereocenters. The van der Waals surface area contributed by atoms with E-state index in [4.69, 9.17) is 5.73 Å². The molecule has 0 bridgehead atoms. The summed E-state index contributed by atoms with van der Waals surface area (Å²) in [5, 5.41) is 0.853. The van der Waals surface area contributed by atoms with Crippen LogP contribution in [0.4, 0.5) is 0 Å². The van der Waals surface area contributed by atoms with E-state index in [9.17, 15) is 9.59 Å². The molecule has 0 unspecified atom stereocenters. The largest absolute Gasteiger partial charge is 0.365 e. The van der Waals surface area contributed by atoms with Crippen molar-refractivity contribution < 1.29 is 4.79 Å². The standard InChI is InChI=1S/C14H16N2O2.ClH/c1-9(2)8-16-12-6-4-3-5-10(12)7-11(13(15)17)14(16)18;/h3-7,9H,8H2,1-2H3,(H2,15,17);1H. The van der Waals surface area contributed by atoms with Gasteiger partial charge in [0, 0.05) is 6.54 Å². The van der Waals surface area contributed by atoms with Crippen LogP contribution in [0.3, 0.4) is 0 Å². The van der Waals surface area contributed by atoms with E-state index in [-0.39, 0.29) is 23.5 Å². The zero-order valence-corrected chi connectivity index (χ0v) is 11.7. The van der Waals surface area contributed by atoms with Gasteiger partial charge in [0.05, 0.1) is 5.52 Å². The van der Waals surface area contributed by atoms with Crippen LogP contribution in [0.25, 0.3) is 10.9 Å². The molecule has 0 aliphatic heterocycles. The van der Waals surface area contributed by atoms with Crippen LogP contribution in [0.1, 0.15) is 24.2 Å². The van der Waals surface area contributed by atoms with Crippen LogP contribution in [-0.2, 0) is 6.54 Å². The molecule has 19 heavy (non-hydrogen) atoms. The monoisotopic (exact) mass is 280 g/mol. The molecule has 0 aliphatic rings. The van der Waals surface area contributed by atoms with Gasteiger partial charge in [-0.05, 0) is 23.4 Å². The van der Waals surface area contributed by atoms with Crippen molar-refractivity contribution >= 4 is 29.2 Å². The number of para-hydroxylation sites is 1. The molecular formula is C14H17ClN2O2. The molecule has 2 aromatic rings. The maximum Gasteiger partial charge on any atom is 0.263 e. The van der Waals surface area contributed by atoms with Crippen molar-refractivity contribution in [1.82, 2.24) is 4.57 Å². The maximum atomic E-state index is 12.2. The Hall–Kier alpha value is -1.81. The van der Waals surface area contributed by atoms with Crippen molar-refractivity contribution in [3.8, 4) is 0 Å². The van der Waals surface area contributed by atoms with Gasteiger partial charge in [-0.25, -0.2) is 0 Å². The van der Waals surface area contributed by atoms with Crippen LogP contribution >= 0.6 is 12.4 Å². The molecule has 1 heterocycles. The summed E-state index contributed by atoms with van der Waals surface area (Å²) in [5.74, 6) is -0.363. The lowest BCUT2D eigenvalue weighted by molar-refractivity contribution is 0.0998. The van der Waals surface area contributed by atoms with Crippen molar-refractivity contribution in [2.45, 2.75) is 20.4 Å². The van der Waals surface area contributed by atoms with E-state index >= 15 is 0 Å². The minimum Gasteiger partial charge on any atom is -0.365 e. The molecule has 0 radical (unpaired) electrons. The molecule has 1 aromatic carbocycles. The number of aromatic nitrogens is 1. The van der Waals surface area contributed by atoms with Gasteiger partial charge in [-0.2, -0.15) is 0 Å². The molecule has 2 N–H and O–H groups in total. The molecular weight excluding hydrogens is 264 g/mol. The van der Waals surface area contributed by atoms with Crippen LogP contribution in [0.5, 0.6) is 0 Å². The number of pyridine rings is 1.